The fourth-order valence-corrected chi connectivity index (χ4v) is 4.63. The molecule has 2 fully saturated rings. The summed E-state index contributed by atoms with van der Waals surface area (Å²) in [5, 5.41) is 6.38. The zero-order chi connectivity index (χ0) is 27.5. The Balaban J connectivity index is 1.57. The molecular formula is C29H25ClFN5O3. The molecule has 2 N–H and O–H groups in total. The van der Waals surface area contributed by atoms with E-state index < -0.39 is 11.7 Å². The number of carbonyl (C=O) groups excluding carboxylic acids is 2. The van der Waals surface area contributed by atoms with Crippen molar-refractivity contribution in [2.24, 2.45) is 0 Å². The first-order valence-corrected chi connectivity index (χ1v) is 12.7. The Morgan fingerprint density at radius 2 is 2.08 bits per heavy atom. The molecule has 0 radical (unpaired) electrons. The van der Waals surface area contributed by atoms with Crippen molar-refractivity contribution in [3.05, 3.63) is 81.9 Å². The molecule has 10 heteroatoms. The van der Waals surface area contributed by atoms with Crippen molar-refractivity contribution in [1.82, 2.24) is 15.2 Å². The molecule has 0 bridgehead atoms. The van der Waals surface area contributed by atoms with E-state index in [1.807, 2.05) is 0 Å². The Morgan fingerprint density at radius 3 is 2.62 bits per heavy atom. The monoisotopic (exact) mass is 545 g/mol. The van der Waals surface area contributed by atoms with Gasteiger partial charge in [0.05, 0.1) is 29.1 Å². The number of carbonyl (C=O) groups is 2. The average Bonchev–Trinajstić information content (AvgIpc) is 2.88. The number of likely N-dealkylation sites (tertiary alicyclic amines) is 1. The van der Waals surface area contributed by atoms with Crippen molar-refractivity contribution in [2.75, 3.05) is 37.0 Å². The summed E-state index contributed by atoms with van der Waals surface area (Å²) in [5.41, 5.74) is 3.09. The van der Waals surface area contributed by atoms with Gasteiger partial charge in [-0.2, -0.15) is 0 Å². The summed E-state index contributed by atoms with van der Waals surface area (Å²) in [7, 11) is 1.38. The van der Waals surface area contributed by atoms with Gasteiger partial charge in [-0.15, -0.1) is 6.42 Å². The highest BCUT2D eigenvalue weighted by Gasteiger charge is 2.28. The molecule has 0 unspecified atom stereocenters. The Hall–Kier alpha value is -4.55. The Morgan fingerprint density at radius 1 is 1.28 bits per heavy atom. The van der Waals surface area contributed by atoms with Gasteiger partial charge in [-0.1, -0.05) is 23.6 Å². The zero-order valence-corrected chi connectivity index (χ0v) is 21.9. The number of ether oxygens (including phenoxy) is 1. The third kappa shape index (κ3) is 5.11. The largest absolute Gasteiger partial charge is 0.494 e. The fraction of sp³-hybridized carbons (Fsp3) is 0.207. The SMILES string of the molecule is C#Cc1cc(OC)c(N(C=O)c2ccc(C(=C3CCN3)N3CCC3)cc2F)c(C(=O)Nc2ccc(Cl)cn2)c1. The van der Waals surface area contributed by atoms with Gasteiger partial charge < -0.3 is 20.3 Å². The topological polar surface area (TPSA) is 86.8 Å². The van der Waals surface area contributed by atoms with Crippen molar-refractivity contribution in [2.45, 2.75) is 12.8 Å². The van der Waals surface area contributed by atoms with Crippen LogP contribution in [0.4, 0.5) is 21.6 Å². The van der Waals surface area contributed by atoms with Gasteiger partial charge in [-0.05, 0) is 42.8 Å². The number of amides is 2. The van der Waals surface area contributed by atoms with Gasteiger partial charge in [-0.3, -0.25) is 14.5 Å². The second kappa shape index (κ2) is 11.1. The van der Waals surface area contributed by atoms with Crippen LogP contribution in [-0.2, 0) is 4.79 Å². The molecule has 39 heavy (non-hydrogen) atoms. The highest BCUT2D eigenvalue weighted by atomic mass is 35.5. The van der Waals surface area contributed by atoms with E-state index in [4.69, 9.17) is 22.8 Å². The van der Waals surface area contributed by atoms with Gasteiger partial charge >= 0.3 is 0 Å². The summed E-state index contributed by atoms with van der Waals surface area (Å²) >= 11 is 5.90. The molecular weight excluding hydrogens is 521 g/mol. The molecule has 8 nitrogen and oxygen atoms in total. The summed E-state index contributed by atoms with van der Waals surface area (Å²) in [6.45, 7) is 2.70. The number of benzene rings is 2. The molecule has 2 aliphatic rings. The van der Waals surface area contributed by atoms with Gasteiger partial charge in [0.2, 0.25) is 6.41 Å². The van der Waals surface area contributed by atoms with Gasteiger partial charge in [0.15, 0.2) is 0 Å². The molecule has 1 aromatic heterocycles. The number of halogens is 2. The van der Waals surface area contributed by atoms with Crippen LogP contribution >= 0.6 is 11.6 Å². The van der Waals surface area contributed by atoms with Crippen LogP contribution in [0.25, 0.3) is 5.70 Å². The summed E-state index contributed by atoms with van der Waals surface area (Å²) in [6.07, 6.45) is 9.41. The lowest BCUT2D eigenvalue weighted by Gasteiger charge is -2.39. The first-order chi connectivity index (χ1) is 18.9. The lowest BCUT2D eigenvalue weighted by atomic mass is 9.99. The number of terminal acetylenes is 1. The Bertz CT molecular complexity index is 1510. The first kappa shape index (κ1) is 26.1. The van der Waals surface area contributed by atoms with E-state index in [9.17, 15) is 9.59 Å². The predicted octanol–water partition coefficient (Wildman–Crippen LogP) is 4.78. The third-order valence-corrected chi connectivity index (χ3v) is 6.90. The smallest absolute Gasteiger partial charge is 0.259 e. The molecule has 3 heterocycles. The standard InChI is InChI=1S/C29H25ClFN5O3/c1-3-18-13-21(29(38)34-26-8-6-20(30)16-33-26)28(25(14-18)39-2)36(17-37)24-7-5-19(15-22(24)31)27(23-9-10-32-23)35-11-4-12-35/h1,5-8,13-17,32H,4,9-12H2,2H3,(H,33,34,38). The number of rotatable bonds is 8. The van der Waals surface area contributed by atoms with E-state index in [0.717, 1.165) is 48.8 Å². The van der Waals surface area contributed by atoms with Gasteiger partial charge in [0, 0.05) is 49.1 Å². The van der Waals surface area contributed by atoms with E-state index in [2.05, 4.69) is 26.4 Å². The molecule has 198 valence electrons. The van der Waals surface area contributed by atoms with Gasteiger partial charge in [0.1, 0.15) is 23.1 Å². The molecule has 3 aromatic rings. The summed E-state index contributed by atoms with van der Waals surface area (Å²) in [6, 6.07) is 10.7. The number of pyridine rings is 1. The third-order valence-electron chi connectivity index (χ3n) is 6.67. The number of methoxy groups -OCH3 is 1. The lowest BCUT2D eigenvalue weighted by Crippen LogP contribution is -2.40. The van der Waals surface area contributed by atoms with Crippen LogP contribution in [0.1, 0.15) is 34.3 Å². The number of hydrogen-bond donors (Lipinski definition) is 2. The van der Waals surface area contributed by atoms with Crippen molar-refractivity contribution in [3.63, 3.8) is 0 Å². The molecule has 2 aromatic carbocycles. The lowest BCUT2D eigenvalue weighted by molar-refractivity contribution is -0.106. The van der Waals surface area contributed by atoms with Crippen LogP contribution in [0.3, 0.4) is 0 Å². The van der Waals surface area contributed by atoms with Crippen LogP contribution in [-0.4, -0.2) is 48.9 Å². The summed E-state index contributed by atoms with van der Waals surface area (Å²) in [4.78, 5) is 33.2. The molecule has 0 saturated carbocycles. The van der Waals surface area contributed by atoms with Crippen LogP contribution in [0, 0.1) is 18.2 Å². The number of nitrogens with one attached hydrogen (secondary N) is 2. The van der Waals surface area contributed by atoms with Crippen LogP contribution < -0.4 is 20.3 Å². The molecule has 2 amide bonds. The second-order valence-electron chi connectivity index (χ2n) is 9.02. The summed E-state index contributed by atoms with van der Waals surface area (Å²) < 4.78 is 21.2. The van der Waals surface area contributed by atoms with Crippen molar-refractivity contribution in [1.29, 1.82) is 0 Å². The van der Waals surface area contributed by atoms with Gasteiger partial charge in [-0.25, -0.2) is 9.37 Å². The number of hydrogen-bond acceptors (Lipinski definition) is 6. The van der Waals surface area contributed by atoms with E-state index in [1.165, 1.54) is 43.6 Å². The van der Waals surface area contributed by atoms with Crippen molar-refractivity contribution < 1.29 is 18.7 Å². The molecule has 0 atom stereocenters. The maximum Gasteiger partial charge on any atom is 0.259 e. The van der Waals surface area contributed by atoms with Crippen LogP contribution in [0.15, 0.2) is 54.4 Å². The second-order valence-corrected chi connectivity index (χ2v) is 9.46. The molecule has 5 rings (SSSR count). The van der Waals surface area contributed by atoms with E-state index in [1.54, 1.807) is 12.1 Å². The first-order valence-electron chi connectivity index (χ1n) is 12.3. The minimum absolute atomic E-state index is 0.00307. The summed E-state index contributed by atoms with van der Waals surface area (Å²) in [5.74, 6) is 1.57. The predicted molar refractivity (Wildman–Crippen MR) is 148 cm³/mol. The number of anilines is 3. The minimum atomic E-state index is -0.633. The fourth-order valence-electron chi connectivity index (χ4n) is 4.52. The Labute approximate surface area is 230 Å². The quantitative estimate of drug-likeness (QED) is 0.313. The maximum atomic E-state index is 15.7. The van der Waals surface area contributed by atoms with Gasteiger partial charge in [0.25, 0.3) is 5.91 Å². The molecule has 0 spiro atoms. The molecule has 0 aliphatic carbocycles. The molecule has 2 saturated heterocycles. The van der Waals surface area contributed by atoms with E-state index >= 15 is 4.39 Å². The normalized spacial score (nSPS) is 15.2. The van der Waals surface area contributed by atoms with Crippen LogP contribution in [0.2, 0.25) is 5.02 Å². The van der Waals surface area contributed by atoms with E-state index in [-0.39, 0.29) is 28.5 Å². The zero-order valence-electron chi connectivity index (χ0n) is 21.1. The van der Waals surface area contributed by atoms with Crippen molar-refractivity contribution >= 4 is 46.8 Å². The van der Waals surface area contributed by atoms with Crippen molar-refractivity contribution in [3.8, 4) is 18.1 Å². The minimum Gasteiger partial charge on any atom is -0.494 e. The Kier molecular flexibility index (Phi) is 7.39. The maximum absolute atomic E-state index is 15.7. The highest BCUT2D eigenvalue weighted by Crippen LogP contribution is 2.40. The number of nitrogens with zero attached hydrogens (tertiary/aromatic N) is 3. The molecule has 2 aliphatic heterocycles. The highest BCUT2D eigenvalue weighted by molar-refractivity contribution is 6.30. The van der Waals surface area contributed by atoms with E-state index in [0.29, 0.717) is 22.6 Å². The van der Waals surface area contributed by atoms with Crippen LogP contribution in [0.5, 0.6) is 5.75 Å². The average molecular weight is 546 g/mol. The number of aromatic nitrogens is 1.